The molecule has 3 heteroatoms. The van der Waals surface area contributed by atoms with E-state index in [9.17, 15) is 0 Å². The second-order valence-electron chi connectivity index (χ2n) is 7.07. The Morgan fingerprint density at radius 1 is 1.26 bits per heavy atom. The molecule has 1 aromatic heterocycles. The third kappa shape index (κ3) is 4.98. The first kappa shape index (κ1) is 16.2. The minimum atomic E-state index is 0.367. The molecule has 0 saturated heterocycles. The van der Waals surface area contributed by atoms with Crippen molar-refractivity contribution in [2.75, 3.05) is 7.05 Å². The first-order valence-corrected chi connectivity index (χ1v) is 7.45. The molecular weight excluding hydrogens is 234 g/mol. The standard InChI is InChI=1S/C16H31N3/c1-12(2)19-9-8-14(18-19)11-15(17-7)10-13(3)16(4,5)6/h8-9,12-13,15,17H,10-11H2,1-7H3. The number of rotatable bonds is 6. The van der Waals surface area contributed by atoms with Gasteiger partial charge in [0.1, 0.15) is 0 Å². The van der Waals surface area contributed by atoms with Gasteiger partial charge in [-0.25, -0.2) is 0 Å². The van der Waals surface area contributed by atoms with Gasteiger partial charge in [0, 0.05) is 24.7 Å². The third-order valence-corrected chi connectivity index (χ3v) is 4.17. The molecule has 2 atom stereocenters. The van der Waals surface area contributed by atoms with Crippen LogP contribution in [0, 0.1) is 11.3 Å². The smallest absolute Gasteiger partial charge is 0.0640 e. The van der Waals surface area contributed by atoms with E-state index in [4.69, 9.17) is 0 Å². The lowest BCUT2D eigenvalue weighted by Crippen LogP contribution is -2.33. The highest BCUT2D eigenvalue weighted by molar-refractivity contribution is 5.02. The Hall–Kier alpha value is -0.830. The maximum atomic E-state index is 4.64. The molecule has 2 unspecified atom stereocenters. The van der Waals surface area contributed by atoms with Gasteiger partial charge in [-0.05, 0) is 44.7 Å². The topological polar surface area (TPSA) is 29.9 Å². The van der Waals surface area contributed by atoms with Crippen LogP contribution in [0.2, 0.25) is 0 Å². The molecule has 0 aliphatic heterocycles. The maximum Gasteiger partial charge on any atom is 0.0640 e. The van der Waals surface area contributed by atoms with Gasteiger partial charge in [0.25, 0.3) is 0 Å². The van der Waals surface area contributed by atoms with Crippen LogP contribution >= 0.6 is 0 Å². The Morgan fingerprint density at radius 3 is 2.32 bits per heavy atom. The van der Waals surface area contributed by atoms with Gasteiger partial charge in [0.05, 0.1) is 5.69 Å². The predicted octanol–water partition coefficient (Wildman–Crippen LogP) is 3.67. The van der Waals surface area contributed by atoms with Crippen LogP contribution in [0.25, 0.3) is 0 Å². The van der Waals surface area contributed by atoms with E-state index in [0.29, 0.717) is 23.4 Å². The van der Waals surface area contributed by atoms with E-state index in [1.807, 2.05) is 4.68 Å². The Bertz CT molecular complexity index is 374. The number of nitrogens with one attached hydrogen (secondary N) is 1. The fourth-order valence-corrected chi connectivity index (χ4v) is 2.11. The summed E-state index contributed by atoms with van der Waals surface area (Å²) >= 11 is 0. The van der Waals surface area contributed by atoms with Crippen LogP contribution in [0.5, 0.6) is 0 Å². The Balaban J connectivity index is 2.61. The average molecular weight is 265 g/mol. The van der Waals surface area contributed by atoms with E-state index >= 15 is 0 Å². The summed E-state index contributed by atoms with van der Waals surface area (Å²) in [7, 11) is 2.06. The van der Waals surface area contributed by atoms with E-state index in [0.717, 1.165) is 6.42 Å². The molecule has 1 heterocycles. The highest BCUT2D eigenvalue weighted by atomic mass is 15.3. The van der Waals surface area contributed by atoms with Crippen LogP contribution in [0.15, 0.2) is 12.3 Å². The highest BCUT2D eigenvalue weighted by Gasteiger charge is 2.23. The predicted molar refractivity (Wildman–Crippen MR) is 82.4 cm³/mol. The lowest BCUT2D eigenvalue weighted by atomic mass is 9.78. The van der Waals surface area contributed by atoms with Crippen LogP contribution < -0.4 is 5.32 Å². The van der Waals surface area contributed by atoms with Crippen molar-refractivity contribution in [1.82, 2.24) is 15.1 Å². The molecule has 0 spiro atoms. The molecule has 0 saturated carbocycles. The number of likely N-dealkylation sites (N-methyl/N-ethyl adjacent to an activating group) is 1. The molecule has 0 radical (unpaired) electrons. The summed E-state index contributed by atoms with van der Waals surface area (Å²) in [6, 6.07) is 3.09. The number of aromatic nitrogens is 2. The summed E-state index contributed by atoms with van der Waals surface area (Å²) < 4.78 is 2.04. The highest BCUT2D eigenvalue weighted by Crippen LogP contribution is 2.29. The first-order chi connectivity index (χ1) is 8.74. The van der Waals surface area contributed by atoms with Crippen molar-refractivity contribution in [3.05, 3.63) is 18.0 Å². The van der Waals surface area contributed by atoms with Crippen molar-refractivity contribution in [1.29, 1.82) is 0 Å². The van der Waals surface area contributed by atoms with Gasteiger partial charge in [0.2, 0.25) is 0 Å². The molecular formula is C16H31N3. The molecule has 0 fully saturated rings. The zero-order chi connectivity index (χ0) is 14.6. The number of hydrogen-bond donors (Lipinski definition) is 1. The van der Waals surface area contributed by atoms with E-state index in [-0.39, 0.29) is 0 Å². The lowest BCUT2D eigenvalue weighted by molar-refractivity contribution is 0.224. The van der Waals surface area contributed by atoms with Gasteiger partial charge in [-0.1, -0.05) is 27.7 Å². The molecule has 0 aromatic carbocycles. The quantitative estimate of drug-likeness (QED) is 0.850. The lowest BCUT2D eigenvalue weighted by Gasteiger charge is -2.30. The van der Waals surface area contributed by atoms with Crippen LogP contribution in [0.3, 0.4) is 0 Å². The second-order valence-corrected chi connectivity index (χ2v) is 7.07. The Labute approximate surface area is 118 Å². The van der Waals surface area contributed by atoms with Crippen LogP contribution in [-0.4, -0.2) is 22.9 Å². The molecule has 1 N–H and O–H groups in total. The van der Waals surface area contributed by atoms with E-state index in [1.54, 1.807) is 0 Å². The largest absolute Gasteiger partial charge is 0.317 e. The van der Waals surface area contributed by atoms with Gasteiger partial charge in [0.15, 0.2) is 0 Å². The van der Waals surface area contributed by atoms with Gasteiger partial charge < -0.3 is 5.32 Å². The molecule has 3 nitrogen and oxygen atoms in total. The summed E-state index contributed by atoms with van der Waals surface area (Å²) in [6.45, 7) is 13.6. The fraction of sp³-hybridized carbons (Fsp3) is 0.812. The van der Waals surface area contributed by atoms with Crippen molar-refractivity contribution in [2.45, 2.75) is 66.5 Å². The van der Waals surface area contributed by atoms with Crippen LogP contribution in [-0.2, 0) is 6.42 Å². The summed E-state index contributed by atoms with van der Waals surface area (Å²) in [5.74, 6) is 0.692. The number of nitrogens with zero attached hydrogens (tertiary/aromatic N) is 2. The summed E-state index contributed by atoms with van der Waals surface area (Å²) in [5, 5.41) is 8.09. The van der Waals surface area contributed by atoms with Gasteiger partial charge >= 0.3 is 0 Å². The van der Waals surface area contributed by atoms with Gasteiger partial charge in [-0.3, -0.25) is 4.68 Å². The van der Waals surface area contributed by atoms with Gasteiger partial charge in [-0.15, -0.1) is 0 Å². The van der Waals surface area contributed by atoms with E-state index < -0.39 is 0 Å². The maximum absolute atomic E-state index is 4.64. The minimum Gasteiger partial charge on any atom is -0.317 e. The monoisotopic (exact) mass is 265 g/mol. The van der Waals surface area contributed by atoms with Crippen LogP contribution in [0.1, 0.15) is 59.7 Å². The second kappa shape index (κ2) is 6.56. The molecule has 1 rings (SSSR count). The average Bonchev–Trinajstić information content (AvgIpc) is 2.75. The zero-order valence-electron chi connectivity index (χ0n) is 13.7. The molecule has 0 aliphatic rings. The zero-order valence-corrected chi connectivity index (χ0v) is 13.7. The fourth-order valence-electron chi connectivity index (χ4n) is 2.11. The molecule has 0 bridgehead atoms. The summed E-state index contributed by atoms with van der Waals surface area (Å²) in [5.41, 5.74) is 1.56. The van der Waals surface area contributed by atoms with Crippen molar-refractivity contribution in [2.24, 2.45) is 11.3 Å². The Kier molecular flexibility index (Phi) is 5.60. The molecule has 110 valence electrons. The first-order valence-electron chi connectivity index (χ1n) is 7.45. The van der Waals surface area contributed by atoms with Gasteiger partial charge in [-0.2, -0.15) is 5.10 Å². The van der Waals surface area contributed by atoms with Crippen molar-refractivity contribution in [3.63, 3.8) is 0 Å². The van der Waals surface area contributed by atoms with E-state index in [1.165, 1.54) is 12.1 Å². The van der Waals surface area contributed by atoms with E-state index in [2.05, 4.69) is 71.3 Å². The normalized spacial score (nSPS) is 15.8. The minimum absolute atomic E-state index is 0.367. The van der Waals surface area contributed by atoms with Crippen molar-refractivity contribution < 1.29 is 0 Å². The van der Waals surface area contributed by atoms with Crippen molar-refractivity contribution >= 4 is 0 Å². The number of hydrogen-bond acceptors (Lipinski definition) is 2. The summed E-state index contributed by atoms with van der Waals surface area (Å²) in [4.78, 5) is 0. The molecule has 19 heavy (non-hydrogen) atoms. The molecule has 1 aromatic rings. The molecule has 0 amide bonds. The third-order valence-electron chi connectivity index (χ3n) is 4.17. The van der Waals surface area contributed by atoms with Crippen LogP contribution in [0.4, 0.5) is 0 Å². The Morgan fingerprint density at radius 2 is 1.89 bits per heavy atom. The SMILES string of the molecule is CNC(Cc1ccn(C(C)C)n1)CC(C)C(C)(C)C. The molecule has 0 aliphatic carbocycles. The van der Waals surface area contributed by atoms with Crippen molar-refractivity contribution in [3.8, 4) is 0 Å². The summed E-state index contributed by atoms with van der Waals surface area (Å²) in [6.07, 6.45) is 4.28.